The molecule has 2 aromatic heterocycles. The maximum atomic E-state index is 12.4. The molecule has 35 heavy (non-hydrogen) atoms. The van der Waals surface area contributed by atoms with Crippen molar-refractivity contribution in [2.45, 2.75) is 70.5 Å². The van der Waals surface area contributed by atoms with Gasteiger partial charge in [-0.05, 0) is 63.5 Å². The maximum Gasteiger partial charge on any atom is 0.422 e. The monoisotopic (exact) mass is 511 g/mol. The van der Waals surface area contributed by atoms with Crippen LogP contribution in [0.15, 0.2) is 12.1 Å². The molecule has 1 N–H and O–H groups in total. The molecular formula is C24H32F3N5O2S. The first-order valence-electron chi connectivity index (χ1n) is 12.2. The molecule has 1 saturated carbocycles. The SMILES string of the molecule is Cc1nnc(CC(=O)N[C@H]2CC[C@H](CCN3CCc4ccc(OCC(F)(F)F)nc4CC3)CC2)s1. The average molecular weight is 512 g/mol. The summed E-state index contributed by atoms with van der Waals surface area (Å²) >= 11 is 1.46. The van der Waals surface area contributed by atoms with Crippen LogP contribution in [0.1, 0.15) is 53.4 Å². The smallest absolute Gasteiger partial charge is 0.422 e. The first kappa shape index (κ1) is 25.8. The number of amides is 1. The Kier molecular flexibility index (Phi) is 8.59. The van der Waals surface area contributed by atoms with E-state index < -0.39 is 12.8 Å². The van der Waals surface area contributed by atoms with Crippen LogP contribution in [-0.2, 0) is 24.1 Å². The number of aryl methyl sites for hydroxylation is 1. The molecule has 1 aliphatic carbocycles. The molecule has 3 heterocycles. The van der Waals surface area contributed by atoms with E-state index in [9.17, 15) is 18.0 Å². The summed E-state index contributed by atoms with van der Waals surface area (Å²) in [6, 6.07) is 3.62. The number of hydrogen-bond acceptors (Lipinski definition) is 7. The van der Waals surface area contributed by atoms with Crippen LogP contribution in [-0.4, -0.2) is 64.4 Å². The van der Waals surface area contributed by atoms with Crippen molar-refractivity contribution >= 4 is 17.2 Å². The number of pyridine rings is 1. The van der Waals surface area contributed by atoms with E-state index in [0.717, 1.165) is 79.4 Å². The van der Waals surface area contributed by atoms with Gasteiger partial charge in [-0.15, -0.1) is 21.5 Å². The molecule has 0 aromatic carbocycles. The Morgan fingerprint density at radius 2 is 1.94 bits per heavy atom. The predicted molar refractivity (Wildman–Crippen MR) is 126 cm³/mol. The zero-order chi connectivity index (χ0) is 24.8. The molecule has 4 rings (SSSR count). The van der Waals surface area contributed by atoms with Gasteiger partial charge in [0.05, 0.1) is 6.42 Å². The third kappa shape index (κ3) is 8.13. The molecule has 2 aromatic rings. The molecular weight excluding hydrogens is 479 g/mol. The number of halogens is 3. The lowest BCUT2D eigenvalue weighted by Gasteiger charge is -2.30. The Labute approximate surface area is 207 Å². The first-order chi connectivity index (χ1) is 16.7. The normalized spacial score (nSPS) is 21.3. The van der Waals surface area contributed by atoms with Crippen LogP contribution in [0, 0.1) is 12.8 Å². The van der Waals surface area contributed by atoms with Crippen LogP contribution < -0.4 is 10.1 Å². The third-order valence-electron chi connectivity index (χ3n) is 6.73. The number of aromatic nitrogens is 3. The van der Waals surface area contributed by atoms with Gasteiger partial charge in [0, 0.05) is 37.3 Å². The summed E-state index contributed by atoms with van der Waals surface area (Å²) < 4.78 is 42.0. The summed E-state index contributed by atoms with van der Waals surface area (Å²) in [5.41, 5.74) is 1.93. The Hall–Kier alpha value is -2.27. The summed E-state index contributed by atoms with van der Waals surface area (Å²) in [6.07, 6.45) is 2.83. The zero-order valence-corrected chi connectivity index (χ0v) is 20.8. The fourth-order valence-electron chi connectivity index (χ4n) is 4.85. The Morgan fingerprint density at radius 1 is 1.17 bits per heavy atom. The molecule has 0 saturated heterocycles. The molecule has 192 valence electrons. The highest BCUT2D eigenvalue weighted by molar-refractivity contribution is 7.11. The number of hydrogen-bond donors (Lipinski definition) is 1. The topological polar surface area (TPSA) is 80.2 Å². The molecule has 0 spiro atoms. The van der Waals surface area contributed by atoms with E-state index in [-0.39, 0.29) is 17.8 Å². The van der Waals surface area contributed by atoms with Crippen molar-refractivity contribution in [1.82, 2.24) is 25.4 Å². The number of rotatable bonds is 8. The van der Waals surface area contributed by atoms with Crippen LogP contribution in [0.5, 0.6) is 5.88 Å². The standard InChI is InChI=1S/C24H32F3N5O2S/c1-16-30-31-23(35-16)14-21(33)28-19-5-2-17(3-6-19)8-11-32-12-9-18-4-7-22(29-20(18)10-13-32)34-15-24(25,26)27/h4,7,17,19H,2-3,5-6,8-15H2,1H3,(H,28,33)/t17-,19-. The van der Waals surface area contributed by atoms with Crippen LogP contribution >= 0.6 is 11.3 Å². The summed E-state index contributed by atoms with van der Waals surface area (Å²) in [6.45, 7) is 3.34. The van der Waals surface area contributed by atoms with Gasteiger partial charge >= 0.3 is 6.18 Å². The highest BCUT2D eigenvalue weighted by Gasteiger charge is 2.29. The molecule has 0 bridgehead atoms. The van der Waals surface area contributed by atoms with E-state index in [2.05, 4.69) is 25.4 Å². The Bertz CT molecular complexity index is 992. The van der Waals surface area contributed by atoms with E-state index in [1.165, 1.54) is 17.4 Å². The first-order valence-corrected chi connectivity index (χ1v) is 13.0. The predicted octanol–water partition coefficient (Wildman–Crippen LogP) is 3.89. The highest BCUT2D eigenvalue weighted by Crippen LogP contribution is 2.28. The molecule has 1 aliphatic heterocycles. The second-order valence-corrected chi connectivity index (χ2v) is 10.7. The molecule has 1 fully saturated rings. The van der Waals surface area contributed by atoms with Gasteiger partial charge in [0.25, 0.3) is 0 Å². The second-order valence-electron chi connectivity index (χ2n) is 9.47. The van der Waals surface area contributed by atoms with Gasteiger partial charge in [-0.1, -0.05) is 6.07 Å². The minimum absolute atomic E-state index is 0.0225. The van der Waals surface area contributed by atoms with Gasteiger partial charge < -0.3 is 15.0 Å². The Balaban J connectivity index is 1.16. The quantitative estimate of drug-likeness (QED) is 0.579. The van der Waals surface area contributed by atoms with Crippen molar-refractivity contribution in [2.75, 3.05) is 26.2 Å². The fourth-order valence-corrected chi connectivity index (χ4v) is 5.56. The van der Waals surface area contributed by atoms with Gasteiger partial charge in [0.1, 0.15) is 10.0 Å². The average Bonchev–Trinajstić information content (AvgIpc) is 3.10. The fraction of sp³-hybridized carbons (Fsp3) is 0.667. The van der Waals surface area contributed by atoms with E-state index in [1.54, 1.807) is 0 Å². The summed E-state index contributed by atoms with van der Waals surface area (Å²) in [7, 11) is 0. The van der Waals surface area contributed by atoms with Crippen LogP contribution in [0.3, 0.4) is 0 Å². The summed E-state index contributed by atoms with van der Waals surface area (Å²) in [4.78, 5) is 19.0. The van der Waals surface area contributed by atoms with Crippen LogP contribution in [0.25, 0.3) is 0 Å². The number of nitrogens with zero attached hydrogens (tertiary/aromatic N) is 4. The Morgan fingerprint density at radius 3 is 2.66 bits per heavy atom. The number of nitrogens with one attached hydrogen (secondary N) is 1. The van der Waals surface area contributed by atoms with Crippen LogP contribution in [0.2, 0.25) is 0 Å². The zero-order valence-electron chi connectivity index (χ0n) is 19.9. The van der Waals surface area contributed by atoms with Crippen molar-refractivity contribution in [3.8, 4) is 5.88 Å². The number of carbonyl (C=O) groups excluding carboxylic acids is 1. The minimum Gasteiger partial charge on any atom is -0.468 e. The van der Waals surface area contributed by atoms with Gasteiger partial charge in [-0.3, -0.25) is 4.79 Å². The maximum absolute atomic E-state index is 12.4. The lowest BCUT2D eigenvalue weighted by Crippen LogP contribution is -2.39. The summed E-state index contributed by atoms with van der Waals surface area (Å²) in [5.74, 6) is 0.714. The molecule has 0 atom stereocenters. The van der Waals surface area contributed by atoms with Crippen LogP contribution in [0.4, 0.5) is 13.2 Å². The van der Waals surface area contributed by atoms with Crippen molar-refractivity contribution in [3.63, 3.8) is 0 Å². The number of alkyl halides is 3. The number of fused-ring (bicyclic) bond motifs is 1. The second kappa shape index (κ2) is 11.6. The number of ether oxygens (including phenoxy) is 1. The summed E-state index contributed by atoms with van der Waals surface area (Å²) in [5, 5.41) is 12.8. The van der Waals surface area contributed by atoms with Gasteiger partial charge in [0.2, 0.25) is 11.8 Å². The van der Waals surface area contributed by atoms with E-state index in [1.807, 2.05) is 13.0 Å². The molecule has 0 unspecified atom stereocenters. The number of carbonyl (C=O) groups is 1. The van der Waals surface area contributed by atoms with Gasteiger partial charge in [-0.25, -0.2) is 4.98 Å². The minimum atomic E-state index is -4.37. The molecule has 11 heteroatoms. The third-order valence-corrected chi connectivity index (χ3v) is 7.57. The van der Waals surface area contributed by atoms with Crippen molar-refractivity contribution < 1.29 is 22.7 Å². The van der Waals surface area contributed by atoms with E-state index >= 15 is 0 Å². The van der Waals surface area contributed by atoms with E-state index in [0.29, 0.717) is 18.8 Å². The lowest BCUT2D eigenvalue weighted by molar-refractivity contribution is -0.154. The van der Waals surface area contributed by atoms with Crippen molar-refractivity contribution in [1.29, 1.82) is 0 Å². The highest BCUT2D eigenvalue weighted by atomic mass is 32.1. The lowest BCUT2D eigenvalue weighted by atomic mass is 9.84. The van der Waals surface area contributed by atoms with E-state index in [4.69, 9.17) is 4.74 Å². The van der Waals surface area contributed by atoms with Crippen molar-refractivity contribution in [2.24, 2.45) is 5.92 Å². The molecule has 2 aliphatic rings. The van der Waals surface area contributed by atoms with Gasteiger partial charge in [0.15, 0.2) is 6.61 Å². The molecule has 1 amide bonds. The molecule has 0 radical (unpaired) electrons. The van der Waals surface area contributed by atoms with Gasteiger partial charge in [-0.2, -0.15) is 13.2 Å². The van der Waals surface area contributed by atoms with Crippen molar-refractivity contribution in [3.05, 3.63) is 33.4 Å². The largest absolute Gasteiger partial charge is 0.468 e. The molecule has 7 nitrogen and oxygen atoms in total.